The molecule has 0 aromatic carbocycles. The largest absolute Gasteiger partial charge is 0.478 e. The van der Waals surface area contributed by atoms with E-state index in [9.17, 15) is 14.4 Å². The van der Waals surface area contributed by atoms with Crippen LogP contribution in [-0.4, -0.2) is 38.9 Å². The Morgan fingerprint density at radius 3 is 2.90 bits per heavy atom. The summed E-state index contributed by atoms with van der Waals surface area (Å²) >= 11 is 0. The van der Waals surface area contributed by atoms with E-state index >= 15 is 0 Å². The number of nitrogens with one attached hydrogen (secondary N) is 1. The number of aromatic nitrogens is 2. The molecule has 1 aliphatic heterocycles. The smallest absolute Gasteiger partial charge is 0.335 e. The van der Waals surface area contributed by atoms with Crippen molar-refractivity contribution in [3.63, 3.8) is 0 Å². The predicted molar refractivity (Wildman–Crippen MR) is 67.7 cm³/mol. The van der Waals surface area contributed by atoms with Crippen LogP contribution in [0.2, 0.25) is 0 Å². The average molecular weight is 274 g/mol. The fourth-order valence-corrected chi connectivity index (χ4v) is 2.08. The van der Waals surface area contributed by atoms with Gasteiger partial charge in [0.25, 0.3) is 0 Å². The van der Waals surface area contributed by atoms with Gasteiger partial charge in [-0.3, -0.25) is 19.4 Å². The highest BCUT2D eigenvalue weighted by atomic mass is 16.4. The van der Waals surface area contributed by atoms with Crippen LogP contribution in [0, 0.1) is 0 Å². The first-order valence-electron chi connectivity index (χ1n) is 5.88. The van der Waals surface area contributed by atoms with Crippen LogP contribution in [0.15, 0.2) is 24.5 Å². The van der Waals surface area contributed by atoms with E-state index in [4.69, 9.17) is 5.11 Å². The number of nitrogens with zero attached hydrogens (tertiary/aromatic N) is 3. The van der Waals surface area contributed by atoms with Crippen LogP contribution < -0.4 is 10.2 Å². The lowest BCUT2D eigenvalue weighted by Crippen LogP contribution is -2.50. The normalized spacial score (nSPS) is 15.5. The summed E-state index contributed by atoms with van der Waals surface area (Å²) < 4.78 is 1.60. The Morgan fingerprint density at radius 2 is 2.20 bits per heavy atom. The molecule has 3 rings (SSSR count). The molecule has 0 unspecified atom stereocenters. The van der Waals surface area contributed by atoms with Crippen molar-refractivity contribution in [2.75, 3.05) is 11.4 Å². The lowest BCUT2D eigenvalue weighted by atomic mass is 10.3. The molecule has 8 heteroatoms. The maximum atomic E-state index is 11.8. The lowest BCUT2D eigenvalue weighted by Gasteiger charge is -2.25. The second-order valence-corrected chi connectivity index (χ2v) is 4.32. The van der Waals surface area contributed by atoms with Crippen molar-refractivity contribution >= 4 is 29.4 Å². The molecule has 2 aromatic rings. The maximum Gasteiger partial charge on any atom is 0.335 e. The highest BCUT2D eigenvalue weighted by Gasteiger charge is 2.26. The summed E-state index contributed by atoms with van der Waals surface area (Å²) in [5.41, 5.74) is 0.539. The van der Waals surface area contributed by atoms with Crippen molar-refractivity contribution in [2.24, 2.45) is 0 Å². The van der Waals surface area contributed by atoms with Gasteiger partial charge in [0.05, 0.1) is 11.8 Å². The fraction of sp³-hybridized carbons (Fsp3) is 0.167. The molecule has 1 aliphatic rings. The number of carbonyl (C=O) groups excluding carboxylic acids is 2. The van der Waals surface area contributed by atoms with Gasteiger partial charge in [0.1, 0.15) is 11.5 Å². The number of carboxylic acid groups (broad SMARTS) is 1. The van der Waals surface area contributed by atoms with Crippen molar-refractivity contribution in [3.8, 4) is 0 Å². The topological polar surface area (TPSA) is 104 Å². The van der Waals surface area contributed by atoms with Crippen LogP contribution >= 0.6 is 0 Å². The van der Waals surface area contributed by atoms with Gasteiger partial charge in [-0.25, -0.2) is 14.6 Å². The van der Waals surface area contributed by atoms with Crippen LogP contribution in [0.25, 0.3) is 5.65 Å². The monoisotopic (exact) mass is 274 g/mol. The first-order valence-corrected chi connectivity index (χ1v) is 5.88. The van der Waals surface area contributed by atoms with E-state index in [1.807, 2.05) is 0 Å². The molecule has 1 saturated heterocycles. The van der Waals surface area contributed by atoms with Crippen molar-refractivity contribution in [1.29, 1.82) is 0 Å². The second-order valence-electron chi connectivity index (χ2n) is 4.32. The molecule has 2 N–H and O–H groups in total. The third-order valence-corrected chi connectivity index (χ3v) is 3.07. The molecule has 102 valence electrons. The van der Waals surface area contributed by atoms with E-state index in [1.165, 1.54) is 29.4 Å². The van der Waals surface area contributed by atoms with Crippen LogP contribution in [0.1, 0.15) is 16.8 Å². The maximum absolute atomic E-state index is 11.8. The molecule has 0 atom stereocenters. The molecule has 0 radical (unpaired) electrons. The molecule has 3 amide bonds. The Morgan fingerprint density at radius 1 is 1.40 bits per heavy atom. The van der Waals surface area contributed by atoms with E-state index in [0.29, 0.717) is 11.5 Å². The number of amides is 3. The Kier molecular flexibility index (Phi) is 2.63. The number of pyridine rings is 1. The van der Waals surface area contributed by atoms with E-state index < -0.39 is 12.0 Å². The van der Waals surface area contributed by atoms with E-state index in [-0.39, 0.29) is 24.4 Å². The minimum absolute atomic E-state index is 0.118. The van der Waals surface area contributed by atoms with Crippen molar-refractivity contribution in [1.82, 2.24) is 14.7 Å². The zero-order valence-electron chi connectivity index (χ0n) is 10.2. The van der Waals surface area contributed by atoms with E-state index in [0.717, 1.165) is 0 Å². The highest BCUT2D eigenvalue weighted by molar-refractivity contribution is 6.05. The third kappa shape index (κ3) is 1.87. The Balaban J connectivity index is 2.02. The predicted octanol–water partition coefficient (Wildman–Crippen LogP) is 0.479. The number of carbonyl (C=O) groups is 3. The number of fused-ring (bicyclic) bond motifs is 1. The number of carboxylic acids is 1. The van der Waals surface area contributed by atoms with Gasteiger partial charge < -0.3 is 5.11 Å². The van der Waals surface area contributed by atoms with Gasteiger partial charge in [0.2, 0.25) is 5.91 Å². The second kappa shape index (κ2) is 4.34. The number of imidazole rings is 1. The summed E-state index contributed by atoms with van der Waals surface area (Å²) in [7, 11) is 0. The third-order valence-electron chi connectivity index (χ3n) is 3.07. The molecule has 20 heavy (non-hydrogen) atoms. The summed E-state index contributed by atoms with van der Waals surface area (Å²) in [6, 6.07) is 2.33. The molecule has 0 saturated carbocycles. The number of hydrogen-bond donors (Lipinski definition) is 2. The first kappa shape index (κ1) is 12.2. The minimum Gasteiger partial charge on any atom is -0.478 e. The molecule has 2 aromatic heterocycles. The molecule has 0 spiro atoms. The minimum atomic E-state index is -1.04. The van der Waals surface area contributed by atoms with Crippen molar-refractivity contribution < 1.29 is 19.5 Å². The summed E-state index contributed by atoms with van der Waals surface area (Å²) in [4.78, 5) is 39.3. The van der Waals surface area contributed by atoms with Gasteiger partial charge in [-0.15, -0.1) is 0 Å². The Hall–Kier alpha value is -2.90. The lowest BCUT2D eigenvalue weighted by molar-refractivity contribution is -0.120. The zero-order valence-corrected chi connectivity index (χ0v) is 10.2. The van der Waals surface area contributed by atoms with Crippen LogP contribution in [0.3, 0.4) is 0 Å². The molecule has 1 fully saturated rings. The Bertz CT molecular complexity index is 736. The van der Waals surface area contributed by atoms with Crippen molar-refractivity contribution in [2.45, 2.75) is 6.42 Å². The van der Waals surface area contributed by atoms with Gasteiger partial charge in [-0.1, -0.05) is 0 Å². The number of hydrogen-bond acceptors (Lipinski definition) is 4. The first-order chi connectivity index (χ1) is 9.56. The molecular formula is C12H10N4O4. The fourth-order valence-electron chi connectivity index (χ4n) is 2.08. The van der Waals surface area contributed by atoms with Gasteiger partial charge in [-0.2, -0.15) is 0 Å². The quantitative estimate of drug-likeness (QED) is 0.828. The standard InChI is InChI=1S/C12H10N4O4/c17-9-2-4-16(12(20)14-9)10-6-13-8-5-7(11(18)19)1-3-15(8)10/h1,3,5-6H,2,4H2,(H,18,19)(H,14,17,20). The summed E-state index contributed by atoms with van der Waals surface area (Å²) in [5, 5.41) is 11.1. The van der Waals surface area contributed by atoms with Crippen LogP contribution in [0.4, 0.5) is 10.6 Å². The number of urea groups is 1. The summed E-state index contributed by atoms with van der Waals surface area (Å²) in [6.07, 6.45) is 3.22. The van der Waals surface area contributed by atoms with Crippen molar-refractivity contribution in [3.05, 3.63) is 30.1 Å². The van der Waals surface area contributed by atoms with Crippen LogP contribution in [-0.2, 0) is 4.79 Å². The summed E-state index contributed by atoms with van der Waals surface area (Å²) in [6.45, 7) is 0.263. The van der Waals surface area contributed by atoms with E-state index in [1.54, 1.807) is 4.40 Å². The molecule has 3 heterocycles. The van der Waals surface area contributed by atoms with Crippen LogP contribution in [0.5, 0.6) is 0 Å². The number of imide groups is 1. The highest BCUT2D eigenvalue weighted by Crippen LogP contribution is 2.19. The van der Waals surface area contributed by atoms with Gasteiger partial charge in [0.15, 0.2) is 0 Å². The van der Waals surface area contributed by atoms with Gasteiger partial charge in [-0.05, 0) is 12.1 Å². The number of rotatable bonds is 2. The SMILES string of the molecule is O=C1CCN(c2cnc3cc(C(=O)O)ccn23)C(=O)N1. The number of aromatic carboxylic acids is 1. The molecule has 0 aliphatic carbocycles. The molecule has 8 nitrogen and oxygen atoms in total. The number of anilines is 1. The molecule has 0 bridgehead atoms. The van der Waals surface area contributed by atoms with Gasteiger partial charge in [0, 0.05) is 19.2 Å². The summed E-state index contributed by atoms with van der Waals surface area (Å²) in [5.74, 6) is -0.867. The Labute approximate surface area is 112 Å². The van der Waals surface area contributed by atoms with E-state index in [2.05, 4.69) is 10.3 Å². The van der Waals surface area contributed by atoms with Gasteiger partial charge >= 0.3 is 12.0 Å². The molecular weight excluding hydrogens is 264 g/mol. The zero-order chi connectivity index (χ0) is 14.3. The average Bonchev–Trinajstić information content (AvgIpc) is 2.81.